The molecule has 0 fully saturated rings. The van der Waals surface area contributed by atoms with Crippen LogP contribution in [-0.2, 0) is 0 Å². The van der Waals surface area contributed by atoms with Crippen LogP contribution in [0.1, 0.15) is 31.4 Å². The predicted octanol–water partition coefficient (Wildman–Crippen LogP) is 2.79. The van der Waals surface area contributed by atoms with Crippen LogP contribution >= 0.6 is 0 Å². The van der Waals surface area contributed by atoms with Gasteiger partial charge in [-0.1, -0.05) is 19.4 Å². The number of hydrogen-bond acceptors (Lipinski definition) is 2. The summed E-state index contributed by atoms with van der Waals surface area (Å²) >= 11 is 0. The average molecular weight is 227 g/mol. The van der Waals surface area contributed by atoms with Gasteiger partial charge in [0, 0.05) is 5.56 Å². The van der Waals surface area contributed by atoms with Crippen LogP contribution in [0.25, 0.3) is 0 Å². The van der Waals surface area contributed by atoms with E-state index in [0.717, 1.165) is 18.9 Å². The van der Waals surface area contributed by atoms with Crippen molar-refractivity contribution in [3.63, 3.8) is 0 Å². The first-order valence-electron chi connectivity index (χ1n) is 5.50. The van der Waals surface area contributed by atoms with Crippen LogP contribution in [0, 0.1) is 11.6 Å². The zero-order chi connectivity index (χ0) is 11.7. The predicted molar refractivity (Wildman–Crippen MR) is 57.5 cm³/mol. The molecule has 4 heteroatoms. The highest BCUT2D eigenvalue weighted by Gasteiger charge is 2.35. The molecular formula is C12H15F2NO. The second-order valence-electron chi connectivity index (χ2n) is 3.99. The fraction of sp³-hybridized carbons (Fsp3) is 0.500. The van der Waals surface area contributed by atoms with E-state index in [1.807, 2.05) is 6.92 Å². The zero-order valence-corrected chi connectivity index (χ0v) is 9.39. The Hall–Kier alpha value is -1.16. The monoisotopic (exact) mass is 227 g/mol. The molecule has 1 N–H and O–H groups in total. The molecule has 0 spiro atoms. The minimum absolute atomic E-state index is 0.0509. The van der Waals surface area contributed by atoms with E-state index < -0.39 is 11.6 Å². The van der Waals surface area contributed by atoms with Crippen molar-refractivity contribution in [3.05, 3.63) is 29.3 Å². The van der Waals surface area contributed by atoms with Gasteiger partial charge < -0.3 is 10.1 Å². The molecule has 0 saturated heterocycles. The summed E-state index contributed by atoms with van der Waals surface area (Å²) < 4.78 is 32.0. The van der Waals surface area contributed by atoms with E-state index in [2.05, 4.69) is 5.32 Å². The molecule has 2 rings (SSSR count). The van der Waals surface area contributed by atoms with Crippen molar-refractivity contribution < 1.29 is 13.5 Å². The number of ether oxygens (including phenoxy) is 1. The first-order valence-corrected chi connectivity index (χ1v) is 5.50. The Morgan fingerprint density at radius 1 is 1.38 bits per heavy atom. The fourth-order valence-corrected chi connectivity index (χ4v) is 2.18. The number of benzene rings is 1. The van der Waals surface area contributed by atoms with E-state index in [4.69, 9.17) is 4.74 Å². The van der Waals surface area contributed by atoms with Crippen LogP contribution in [0.15, 0.2) is 12.1 Å². The lowest BCUT2D eigenvalue weighted by Gasteiger charge is -2.17. The minimum atomic E-state index is -0.878. The Balaban J connectivity index is 2.38. The molecule has 1 heterocycles. The lowest BCUT2D eigenvalue weighted by Crippen LogP contribution is -2.28. The smallest absolute Gasteiger partial charge is 0.200 e. The van der Waals surface area contributed by atoms with Gasteiger partial charge in [0.1, 0.15) is 6.10 Å². The molecule has 2 atom stereocenters. The van der Waals surface area contributed by atoms with Crippen molar-refractivity contribution in [1.82, 2.24) is 5.32 Å². The van der Waals surface area contributed by atoms with Crippen molar-refractivity contribution in [2.75, 3.05) is 7.05 Å². The molecule has 0 aromatic heterocycles. The van der Waals surface area contributed by atoms with Gasteiger partial charge in [-0.05, 0) is 19.5 Å². The Kier molecular flexibility index (Phi) is 3.10. The number of rotatable bonds is 3. The first kappa shape index (κ1) is 11.3. The zero-order valence-electron chi connectivity index (χ0n) is 9.39. The summed E-state index contributed by atoms with van der Waals surface area (Å²) in [5, 5.41) is 3.09. The van der Waals surface area contributed by atoms with E-state index in [9.17, 15) is 8.78 Å². The van der Waals surface area contributed by atoms with E-state index >= 15 is 0 Å². The maximum Gasteiger partial charge on any atom is 0.200 e. The van der Waals surface area contributed by atoms with Gasteiger partial charge in [0.2, 0.25) is 5.82 Å². The lowest BCUT2D eigenvalue weighted by molar-refractivity contribution is 0.175. The quantitative estimate of drug-likeness (QED) is 0.857. The van der Waals surface area contributed by atoms with Gasteiger partial charge in [-0.15, -0.1) is 0 Å². The van der Waals surface area contributed by atoms with Crippen molar-refractivity contribution in [1.29, 1.82) is 0 Å². The van der Waals surface area contributed by atoms with Crippen molar-refractivity contribution in [2.24, 2.45) is 0 Å². The van der Waals surface area contributed by atoms with E-state index in [-0.39, 0.29) is 17.9 Å². The van der Waals surface area contributed by atoms with E-state index in [1.165, 1.54) is 0 Å². The maximum atomic E-state index is 13.5. The molecule has 0 radical (unpaired) electrons. The number of likely N-dealkylation sites (N-methyl/N-ethyl adjacent to an activating group) is 1. The molecule has 2 nitrogen and oxygen atoms in total. The van der Waals surface area contributed by atoms with Gasteiger partial charge in [-0.25, -0.2) is 4.39 Å². The lowest BCUT2D eigenvalue weighted by atomic mass is 10.0. The van der Waals surface area contributed by atoms with E-state index in [1.54, 1.807) is 13.1 Å². The van der Waals surface area contributed by atoms with Crippen LogP contribution in [0.4, 0.5) is 8.78 Å². The van der Waals surface area contributed by atoms with Crippen LogP contribution in [0.5, 0.6) is 5.75 Å². The second-order valence-corrected chi connectivity index (χ2v) is 3.99. The Bertz CT molecular complexity index is 395. The molecule has 1 aliphatic heterocycles. The molecule has 0 aliphatic carbocycles. The van der Waals surface area contributed by atoms with Crippen molar-refractivity contribution in [3.8, 4) is 5.75 Å². The van der Waals surface area contributed by atoms with Crippen LogP contribution in [0.3, 0.4) is 0 Å². The maximum absolute atomic E-state index is 13.5. The van der Waals surface area contributed by atoms with Crippen LogP contribution in [0.2, 0.25) is 0 Å². The molecule has 16 heavy (non-hydrogen) atoms. The summed E-state index contributed by atoms with van der Waals surface area (Å²) in [5.41, 5.74) is 0.708. The highest BCUT2D eigenvalue weighted by molar-refractivity contribution is 5.42. The number of halogens is 2. The standard InChI is InChI=1S/C12H15F2NO/c1-3-4-9-11(15-2)7-5-6-8(13)10(14)12(7)16-9/h5-6,9,11,15H,3-4H2,1-2H3. The molecule has 1 aromatic rings. The topological polar surface area (TPSA) is 21.3 Å². The molecule has 88 valence electrons. The highest BCUT2D eigenvalue weighted by atomic mass is 19.2. The highest BCUT2D eigenvalue weighted by Crippen LogP contribution is 2.40. The van der Waals surface area contributed by atoms with Crippen LogP contribution < -0.4 is 10.1 Å². The average Bonchev–Trinajstić information content (AvgIpc) is 2.62. The summed E-state index contributed by atoms with van der Waals surface area (Å²) in [7, 11) is 1.80. The molecule has 1 aromatic carbocycles. The third-order valence-corrected chi connectivity index (χ3v) is 2.94. The molecule has 2 unspecified atom stereocenters. The minimum Gasteiger partial charge on any atom is -0.485 e. The van der Waals surface area contributed by atoms with Crippen molar-refractivity contribution in [2.45, 2.75) is 31.9 Å². The van der Waals surface area contributed by atoms with Crippen LogP contribution in [-0.4, -0.2) is 13.2 Å². The molecule has 1 aliphatic rings. The summed E-state index contributed by atoms with van der Waals surface area (Å²) in [4.78, 5) is 0. The van der Waals surface area contributed by atoms with Gasteiger partial charge in [0.15, 0.2) is 11.6 Å². The summed E-state index contributed by atoms with van der Waals surface area (Å²) in [6.45, 7) is 2.04. The Morgan fingerprint density at radius 3 is 2.75 bits per heavy atom. The normalized spacial score (nSPS) is 23.0. The summed E-state index contributed by atoms with van der Waals surface area (Å²) in [6.07, 6.45) is 1.66. The van der Waals surface area contributed by atoms with Crippen molar-refractivity contribution >= 4 is 0 Å². The van der Waals surface area contributed by atoms with E-state index in [0.29, 0.717) is 5.56 Å². The fourth-order valence-electron chi connectivity index (χ4n) is 2.18. The van der Waals surface area contributed by atoms with Gasteiger partial charge in [0.25, 0.3) is 0 Å². The second kappa shape index (κ2) is 4.37. The third-order valence-electron chi connectivity index (χ3n) is 2.94. The van der Waals surface area contributed by atoms with Gasteiger partial charge in [-0.2, -0.15) is 4.39 Å². The number of fused-ring (bicyclic) bond motifs is 1. The largest absolute Gasteiger partial charge is 0.485 e. The molecule has 0 amide bonds. The number of nitrogens with one attached hydrogen (secondary N) is 1. The third kappa shape index (κ3) is 1.67. The summed E-state index contributed by atoms with van der Waals surface area (Å²) in [6, 6.07) is 2.69. The first-order chi connectivity index (χ1) is 7.69. The Morgan fingerprint density at radius 2 is 2.12 bits per heavy atom. The molecular weight excluding hydrogens is 212 g/mol. The van der Waals surface area contributed by atoms with Gasteiger partial charge in [0.05, 0.1) is 6.04 Å². The molecule has 0 saturated carbocycles. The SMILES string of the molecule is CCCC1Oc2c(ccc(F)c2F)C1NC. The molecule has 0 bridgehead atoms. The van der Waals surface area contributed by atoms with Gasteiger partial charge >= 0.3 is 0 Å². The number of hydrogen-bond donors (Lipinski definition) is 1. The van der Waals surface area contributed by atoms with Gasteiger partial charge in [-0.3, -0.25) is 0 Å². The summed E-state index contributed by atoms with van der Waals surface area (Å²) in [5.74, 6) is -1.67. The Labute approximate surface area is 93.6 Å².